The highest BCUT2D eigenvalue weighted by Crippen LogP contribution is 2.17. The maximum Gasteiger partial charge on any atom is 0.266 e. The van der Waals surface area contributed by atoms with Crippen molar-refractivity contribution in [1.29, 1.82) is 0 Å². The number of thiazole rings is 1. The molecule has 0 aliphatic heterocycles. The summed E-state index contributed by atoms with van der Waals surface area (Å²) < 4.78 is 8.66. The van der Waals surface area contributed by atoms with Crippen LogP contribution in [-0.4, -0.2) is 31.6 Å². The number of carbonyl (C=O) groups excluding carboxylic acids is 1. The summed E-state index contributed by atoms with van der Waals surface area (Å²) in [7, 11) is 0. The van der Waals surface area contributed by atoms with E-state index >= 15 is 0 Å². The van der Waals surface area contributed by atoms with Crippen LogP contribution in [0, 0.1) is 6.92 Å². The van der Waals surface area contributed by atoms with Gasteiger partial charge in [0.2, 0.25) is 5.91 Å². The molecule has 0 spiro atoms. The first kappa shape index (κ1) is 18.2. The standard InChI is InChI=1S/C19H19N5O3S/c1-13-11-23-14(12-28-19(23)21-13)4-6-17(25)20-8-9-24-18(26)7-5-15(22-24)16-3-2-10-27-16/h2-3,5,7,10-12H,4,6,8-9H2,1H3,(H,20,25). The zero-order valence-corrected chi connectivity index (χ0v) is 16.1. The number of hydrogen-bond acceptors (Lipinski definition) is 6. The Kier molecular flexibility index (Phi) is 5.07. The summed E-state index contributed by atoms with van der Waals surface area (Å²) in [6.45, 7) is 2.58. The van der Waals surface area contributed by atoms with Crippen molar-refractivity contribution in [3.8, 4) is 11.5 Å². The lowest BCUT2D eigenvalue weighted by Crippen LogP contribution is -2.32. The fourth-order valence-electron chi connectivity index (χ4n) is 2.92. The first-order valence-corrected chi connectivity index (χ1v) is 9.79. The molecule has 144 valence electrons. The Morgan fingerprint density at radius 1 is 1.32 bits per heavy atom. The topological polar surface area (TPSA) is 94.4 Å². The zero-order valence-electron chi connectivity index (χ0n) is 15.3. The maximum absolute atomic E-state index is 12.2. The van der Waals surface area contributed by atoms with Gasteiger partial charge in [0.05, 0.1) is 18.5 Å². The summed E-state index contributed by atoms with van der Waals surface area (Å²) in [5, 5.41) is 9.16. The van der Waals surface area contributed by atoms with Gasteiger partial charge in [0.25, 0.3) is 5.56 Å². The lowest BCUT2D eigenvalue weighted by atomic mass is 10.2. The van der Waals surface area contributed by atoms with Gasteiger partial charge in [-0.1, -0.05) is 0 Å². The van der Waals surface area contributed by atoms with Crippen LogP contribution in [0.2, 0.25) is 0 Å². The van der Waals surface area contributed by atoms with Crippen molar-refractivity contribution in [2.45, 2.75) is 26.3 Å². The van der Waals surface area contributed by atoms with Crippen molar-refractivity contribution in [1.82, 2.24) is 24.5 Å². The molecular weight excluding hydrogens is 378 g/mol. The fourth-order valence-corrected chi connectivity index (χ4v) is 3.87. The average molecular weight is 397 g/mol. The largest absolute Gasteiger partial charge is 0.463 e. The van der Waals surface area contributed by atoms with Gasteiger partial charge in [0.1, 0.15) is 5.69 Å². The van der Waals surface area contributed by atoms with Crippen molar-refractivity contribution < 1.29 is 9.21 Å². The smallest absolute Gasteiger partial charge is 0.266 e. The second kappa shape index (κ2) is 7.81. The molecule has 4 aromatic heterocycles. The van der Waals surface area contributed by atoms with E-state index < -0.39 is 0 Å². The number of aromatic nitrogens is 4. The molecule has 28 heavy (non-hydrogen) atoms. The molecule has 0 aliphatic rings. The van der Waals surface area contributed by atoms with Crippen molar-refractivity contribution in [3.63, 3.8) is 0 Å². The van der Waals surface area contributed by atoms with Crippen LogP contribution in [0.3, 0.4) is 0 Å². The Bertz CT molecular complexity index is 1160. The number of nitrogens with one attached hydrogen (secondary N) is 1. The third-order valence-corrected chi connectivity index (χ3v) is 5.19. The van der Waals surface area contributed by atoms with Gasteiger partial charge in [-0.2, -0.15) is 5.10 Å². The van der Waals surface area contributed by atoms with Crippen LogP contribution in [0.1, 0.15) is 17.8 Å². The number of aryl methyl sites for hydroxylation is 2. The van der Waals surface area contributed by atoms with Crippen molar-refractivity contribution in [2.75, 3.05) is 6.54 Å². The number of nitrogens with zero attached hydrogens (tertiary/aromatic N) is 4. The molecule has 9 heteroatoms. The van der Waals surface area contributed by atoms with E-state index in [9.17, 15) is 9.59 Å². The summed E-state index contributed by atoms with van der Waals surface area (Å²) in [5.41, 5.74) is 2.39. The number of carbonyl (C=O) groups is 1. The van der Waals surface area contributed by atoms with Crippen LogP contribution in [0.4, 0.5) is 0 Å². The molecule has 0 bridgehead atoms. The molecule has 0 atom stereocenters. The van der Waals surface area contributed by atoms with Gasteiger partial charge < -0.3 is 9.73 Å². The van der Waals surface area contributed by atoms with E-state index in [2.05, 4.69) is 15.4 Å². The number of furan rings is 1. The van der Waals surface area contributed by atoms with Gasteiger partial charge in [-0.3, -0.25) is 14.0 Å². The van der Waals surface area contributed by atoms with Crippen LogP contribution in [0.15, 0.2) is 51.3 Å². The summed E-state index contributed by atoms with van der Waals surface area (Å²) >= 11 is 1.57. The Balaban J connectivity index is 1.31. The van der Waals surface area contributed by atoms with Gasteiger partial charge in [0, 0.05) is 36.3 Å². The van der Waals surface area contributed by atoms with E-state index in [1.165, 1.54) is 10.7 Å². The quantitative estimate of drug-likeness (QED) is 0.516. The average Bonchev–Trinajstić information content (AvgIpc) is 3.39. The molecule has 0 aliphatic carbocycles. The molecule has 0 aromatic carbocycles. The Morgan fingerprint density at radius 3 is 3.04 bits per heavy atom. The molecule has 0 fully saturated rings. The van der Waals surface area contributed by atoms with E-state index in [0.717, 1.165) is 16.3 Å². The first-order chi connectivity index (χ1) is 13.6. The van der Waals surface area contributed by atoms with Gasteiger partial charge in [0.15, 0.2) is 10.7 Å². The molecular formula is C19H19N5O3S. The highest BCUT2D eigenvalue weighted by Gasteiger charge is 2.09. The third-order valence-electron chi connectivity index (χ3n) is 4.30. The van der Waals surface area contributed by atoms with E-state index in [0.29, 0.717) is 37.4 Å². The van der Waals surface area contributed by atoms with Crippen molar-refractivity contribution >= 4 is 22.2 Å². The molecule has 1 amide bonds. The van der Waals surface area contributed by atoms with Crippen LogP contribution < -0.4 is 10.9 Å². The number of rotatable bonds is 7. The Labute approximate surface area is 164 Å². The molecule has 1 N–H and O–H groups in total. The van der Waals surface area contributed by atoms with Gasteiger partial charge in [-0.15, -0.1) is 11.3 Å². The second-order valence-corrected chi connectivity index (χ2v) is 7.21. The molecule has 0 saturated carbocycles. The predicted octanol–water partition coefficient (Wildman–Crippen LogP) is 2.27. The second-order valence-electron chi connectivity index (χ2n) is 6.37. The van der Waals surface area contributed by atoms with Crippen molar-refractivity contribution in [3.05, 3.63) is 63.8 Å². The van der Waals surface area contributed by atoms with Crippen LogP contribution in [-0.2, 0) is 17.8 Å². The molecule has 0 saturated heterocycles. The third kappa shape index (κ3) is 3.89. The summed E-state index contributed by atoms with van der Waals surface area (Å²) in [4.78, 5) is 29.5. The molecule has 4 aromatic rings. The SMILES string of the molecule is Cc1cn2c(CCC(=O)NCCn3nc(-c4ccco4)ccc3=O)csc2n1. The number of fused-ring (bicyclic) bond motifs is 1. The Morgan fingerprint density at radius 2 is 2.21 bits per heavy atom. The van der Waals surface area contributed by atoms with E-state index in [1.54, 1.807) is 35.8 Å². The fraction of sp³-hybridized carbons (Fsp3) is 0.263. The lowest BCUT2D eigenvalue weighted by molar-refractivity contribution is -0.121. The normalized spacial score (nSPS) is 11.2. The van der Waals surface area contributed by atoms with Crippen LogP contribution in [0.25, 0.3) is 16.4 Å². The number of amides is 1. The molecule has 4 heterocycles. The Hall–Kier alpha value is -3.20. The monoisotopic (exact) mass is 397 g/mol. The molecule has 0 radical (unpaired) electrons. The van der Waals surface area contributed by atoms with Crippen LogP contribution in [0.5, 0.6) is 0 Å². The summed E-state index contributed by atoms with van der Waals surface area (Å²) in [6, 6.07) is 6.61. The van der Waals surface area contributed by atoms with Gasteiger partial charge in [-0.25, -0.2) is 9.67 Å². The summed E-state index contributed by atoms with van der Waals surface area (Å²) in [6.07, 6.45) is 4.54. The van der Waals surface area contributed by atoms with E-state index in [4.69, 9.17) is 4.42 Å². The lowest BCUT2D eigenvalue weighted by Gasteiger charge is -2.07. The molecule has 4 rings (SSSR count). The molecule has 0 unspecified atom stereocenters. The summed E-state index contributed by atoms with van der Waals surface area (Å²) in [5.74, 6) is 0.529. The highest BCUT2D eigenvalue weighted by atomic mass is 32.1. The first-order valence-electron chi connectivity index (χ1n) is 8.91. The predicted molar refractivity (Wildman–Crippen MR) is 105 cm³/mol. The van der Waals surface area contributed by atoms with Gasteiger partial charge >= 0.3 is 0 Å². The van der Waals surface area contributed by atoms with Crippen molar-refractivity contribution in [2.24, 2.45) is 0 Å². The zero-order chi connectivity index (χ0) is 19.5. The minimum absolute atomic E-state index is 0.0635. The van der Waals surface area contributed by atoms with E-state index in [-0.39, 0.29) is 11.5 Å². The highest BCUT2D eigenvalue weighted by molar-refractivity contribution is 7.15. The number of hydrogen-bond donors (Lipinski definition) is 1. The number of imidazole rings is 1. The maximum atomic E-state index is 12.2. The minimum atomic E-state index is -0.222. The van der Waals surface area contributed by atoms with Gasteiger partial charge in [-0.05, 0) is 31.5 Å². The van der Waals surface area contributed by atoms with E-state index in [1.807, 2.05) is 22.9 Å². The van der Waals surface area contributed by atoms with Crippen LogP contribution >= 0.6 is 11.3 Å². The molecule has 8 nitrogen and oxygen atoms in total. The minimum Gasteiger partial charge on any atom is -0.463 e.